The first-order chi connectivity index (χ1) is 11.5. The molecule has 0 aliphatic heterocycles. The van der Waals surface area contributed by atoms with E-state index in [1.165, 1.54) is 54.4 Å². The van der Waals surface area contributed by atoms with Crippen LogP contribution in [0.3, 0.4) is 0 Å². The van der Waals surface area contributed by atoms with Gasteiger partial charge in [0.1, 0.15) is 0 Å². The Hall–Kier alpha value is -0.460. The maximum atomic E-state index is 2.42. The molecule has 4 aromatic carbocycles. The molecule has 0 bridgehead atoms. The molecule has 0 unspecified atom stereocenters. The molecule has 27 heavy (non-hydrogen) atoms. The Kier molecular flexibility index (Phi) is 8.52. The van der Waals surface area contributed by atoms with Gasteiger partial charge in [-0.1, -0.05) is 45.0 Å². The van der Waals surface area contributed by atoms with E-state index in [1.54, 1.807) is 0 Å². The summed E-state index contributed by atoms with van der Waals surface area (Å²) in [4.78, 5) is 0. The van der Waals surface area contributed by atoms with Crippen molar-refractivity contribution >= 4 is 40.1 Å². The molecular formula is C23H23Cl2HfP. The molecule has 0 aliphatic rings. The van der Waals surface area contributed by atoms with Gasteiger partial charge in [-0.2, -0.15) is 12.1 Å². The van der Waals surface area contributed by atoms with Crippen LogP contribution in [0.1, 0.15) is 22.3 Å². The van der Waals surface area contributed by atoms with Gasteiger partial charge in [0.2, 0.25) is 0 Å². The van der Waals surface area contributed by atoms with Crippen LogP contribution in [0.15, 0.2) is 48.5 Å². The van der Waals surface area contributed by atoms with Crippen molar-refractivity contribution in [3.63, 3.8) is 0 Å². The minimum absolute atomic E-state index is 0. The van der Waals surface area contributed by atoms with Gasteiger partial charge in [-0.05, 0) is 20.5 Å². The third-order valence-corrected chi connectivity index (χ3v) is 7.46. The van der Waals surface area contributed by atoms with E-state index >= 15 is 0 Å². The van der Waals surface area contributed by atoms with Crippen LogP contribution < -0.4 is 35.4 Å². The van der Waals surface area contributed by atoms with E-state index in [2.05, 4.69) is 82.9 Å². The minimum atomic E-state index is -0.314. The Morgan fingerprint density at radius 1 is 0.630 bits per heavy atom. The molecule has 0 amide bonds. The van der Waals surface area contributed by atoms with Crippen molar-refractivity contribution in [2.75, 3.05) is 6.66 Å². The molecule has 0 heterocycles. The zero-order chi connectivity index (χ0) is 17.0. The molecule has 138 valence electrons. The van der Waals surface area contributed by atoms with Crippen molar-refractivity contribution < 1.29 is 50.7 Å². The van der Waals surface area contributed by atoms with Crippen molar-refractivity contribution in [1.29, 1.82) is 0 Å². The fourth-order valence-electron chi connectivity index (χ4n) is 3.69. The van der Waals surface area contributed by atoms with Gasteiger partial charge >= 0.3 is 25.8 Å². The third kappa shape index (κ3) is 4.27. The van der Waals surface area contributed by atoms with Crippen LogP contribution in [0.25, 0.3) is 21.5 Å². The predicted octanol–water partition coefficient (Wildman–Crippen LogP) is -0.268. The number of halogens is 2. The first-order valence-corrected chi connectivity index (χ1v) is 10.3. The molecule has 0 aromatic heterocycles. The summed E-state index contributed by atoms with van der Waals surface area (Å²) in [5.74, 6) is 0. The minimum Gasteiger partial charge on any atom is -1.00 e. The average molecular weight is 580 g/mol. The van der Waals surface area contributed by atoms with E-state index in [4.69, 9.17) is 0 Å². The Bertz CT molecular complexity index is 911. The number of hydrogen-bond acceptors (Lipinski definition) is 0. The standard InChI is InChI=1S/C23H23P.2ClH.Hf/c1-14-6-7-15(2)21-11-18(10-20(14)21)24(5)19-12-22-16(3)8-9-17(4)23(22)13-19;;;/h6-13H,1-5H3;2*1H;/q-2;;;+4/p-2. The molecule has 0 N–H and O–H groups in total. The molecule has 0 spiro atoms. The summed E-state index contributed by atoms with van der Waals surface area (Å²) >= 11 is 0. The molecule has 0 aliphatic carbocycles. The fraction of sp³-hybridized carbons (Fsp3) is 0.217. The normalized spacial score (nSPS) is 10.6. The average Bonchev–Trinajstić information content (AvgIpc) is 3.20. The molecule has 0 saturated carbocycles. The van der Waals surface area contributed by atoms with Gasteiger partial charge in [-0.3, -0.25) is 0 Å². The number of benzene rings is 2. The first kappa shape index (κ1) is 24.6. The monoisotopic (exact) mass is 580 g/mol. The molecule has 0 radical (unpaired) electrons. The van der Waals surface area contributed by atoms with Crippen molar-refractivity contribution in [3.05, 3.63) is 70.8 Å². The number of rotatable bonds is 2. The van der Waals surface area contributed by atoms with E-state index in [0.717, 1.165) is 0 Å². The summed E-state index contributed by atoms with van der Waals surface area (Å²) in [6.45, 7) is 11.3. The Morgan fingerprint density at radius 3 is 1.30 bits per heavy atom. The Balaban J connectivity index is 0.00000121. The molecule has 4 heteroatoms. The van der Waals surface area contributed by atoms with Crippen LogP contribution in [0.2, 0.25) is 0 Å². The number of fused-ring (bicyclic) bond motifs is 2. The summed E-state index contributed by atoms with van der Waals surface area (Å²) in [5, 5.41) is 8.65. The van der Waals surface area contributed by atoms with E-state index in [1.807, 2.05) is 0 Å². The maximum Gasteiger partial charge on any atom is 4.00 e. The molecule has 0 saturated heterocycles. The van der Waals surface area contributed by atoms with Gasteiger partial charge in [-0.25, -0.2) is 0 Å². The Labute approximate surface area is 194 Å². The zero-order valence-corrected chi connectivity index (χ0v) is 22.3. The zero-order valence-electron chi connectivity index (χ0n) is 16.3. The SMILES string of the molecule is Cc1ccc(C)c2[cH-]c(P(C)c3cc4c(C)ccc(C)c4[cH-]3)cc12.[Cl-].[Cl-].[Hf+4]. The van der Waals surface area contributed by atoms with Crippen LogP contribution in [0.5, 0.6) is 0 Å². The predicted molar refractivity (Wildman–Crippen MR) is 110 cm³/mol. The van der Waals surface area contributed by atoms with Crippen LogP contribution >= 0.6 is 7.92 Å². The van der Waals surface area contributed by atoms with E-state index in [0.29, 0.717) is 0 Å². The van der Waals surface area contributed by atoms with Gasteiger partial charge in [0.15, 0.2) is 0 Å². The van der Waals surface area contributed by atoms with Gasteiger partial charge in [0.05, 0.1) is 0 Å². The van der Waals surface area contributed by atoms with E-state index in [9.17, 15) is 0 Å². The van der Waals surface area contributed by atoms with Gasteiger partial charge < -0.3 is 24.8 Å². The summed E-state index contributed by atoms with van der Waals surface area (Å²) in [6.07, 6.45) is 0. The second-order valence-corrected chi connectivity index (χ2v) is 9.19. The van der Waals surface area contributed by atoms with E-state index in [-0.39, 0.29) is 58.6 Å². The molecule has 0 nitrogen and oxygen atoms in total. The van der Waals surface area contributed by atoms with Crippen molar-refractivity contribution in [2.45, 2.75) is 27.7 Å². The van der Waals surface area contributed by atoms with Crippen molar-refractivity contribution in [2.24, 2.45) is 0 Å². The first-order valence-electron chi connectivity index (χ1n) is 8.53. The summed E-state index contributed by atoms with van der Waals surface area (Å²) in [5.41, 5.74) is 5.52. The second kappa shape index (κ2) is 9.36. The molecule has 4 aromatic rings. The molecular weight excluding hydrogens is 557 g/mol. The Morgan fingerprint density at radius 2 is 0.963 bits per heavy atom. The smallest absolute Gasteiger partial charge is 1.00 e. The summed E-state index contributed by atoms with van der Waals surface area (Å²) in [6, 6.07) is 18.6. The topological polar surface area (TPSA) is 0 Å². The van der Waals surface area contributed by atoms with Gasteiger partial charge in [0, 0.05) is 0 Å². The fourth-order valence-corrected chi connectivity index (χ4v) is 5.28. The molecule has 4 rings (SSSR count). The molecule has 0 fully saturated rings. The van der Waals surface area contributed by atoms with Crippen LogP contribution in [-0.2, 0) is 25.8 Å². The largest absolute Gasteiger partial charge is 4.00 e. The van der Waals surface area contributed by atoms with Crippen LogP contribution in [0, 0.1) is 27.7 Å². The summed E-state index contributed by atoms with van der Waals surface area (Å²) in [7, 11) is -0.314. The number of aryl methyl sites for hydroxylation is 4. The quantitative estimate of drug-likeness (QED) is 0.174. The van der Waals surface area contributed by atoms with Crippen molar-refractivity contribution in [3.8, 4) is 0 Å². The third-order valence-electron chi connectivity index (χ3n) is 5.39. The number of hydrogen-bond donors (Lipinski definition) is 0. The van der Waals surface area contributed by atoms with Crippen LogP contribution in [-0.4, -0.2) is 6.66 Å². The summed E-state index contributed by atoms with van der Waals surface area (Å²) < 4.78 is 0. The van der Waals surface area contributed by atoms with Gasteiger partial charge in [-0.15, -0.1) is 67.5 Å². The van der Waals surface area contributed by atoms with Gasteiger partial charge in [0.25, 0.3) is 0 Å². The second-order valence-electron chi connectivity index (χ2n) is 7.04. The molecule has 0 atom stereocenters. The van der Waals surface area contributed by atoms with Crippen LogP contribution in [0.4, 0.5) is 0 Å². The van der Waals surface area contributed by atoms with E-state index < -0.39 is 0 Å². The van der Waals surface area contributed by atoms with Crippen molar-refractivity contribution in [1.82, 2.24) is 0 Å². The maximum absolute atomic E-state index is 2.42.